The Kier molecular flexibility index (Phi) is 6.95. The Morgan fingerprint density at radius 2 is 1.53 bits per heavy atom. The van der Waals surface area contributed by atoms with E-state index in [0.29, 0.717) is 22.7 Å². The van der Waals surface area contributed by atoms with Crippen LogP contribution in [0.3, 0.4) is 0 Å². The van der Waals surface area contributed by atoms with Gasteiger partial charge in [-0.2, -0.15) is 13.2 Å². The van der Waals surface area contributed by atoms with E-state index in [-0.39, 0.29) is 5.82 Å². The highest BCUT2D eigenvalue weighted by molar-refractivity contribution is 8.02. The van der Waals surface area contributed by atoms with Gasteiger partial charge in [-0.15, -0.1) is 0 Å². The van der Waals surface area contributed by atoms with Gasteiger partial charge in [0, 0.05) is 10.5 Å². The van der Waals surface area contributed by atoms with Crippen molar-refractivity contribution in [1.82, 2.24) is 0 Å². The smallest absolute Gasteiger partial charge is 0.416 e. The van der Waals surface area contributed by atoms with Crippen LogP contribution in [0.4, 0.5) is 23.2 Å². The first-order chi connectivity index (χ1) is 14.3. The number of alkyl halides is 3. The van der Waals surface area contributed by atoms with Crippen molar-refractivity contribution in [2.75, 3.05) is 7.11 Å². The van der Waals surface area contributed by atoms with Gasteiger partial charge in [0.15, 0.2) is 0 Å². The van der Waals surface area contributed by atoms with E-state index < -0.39 is 11.7 Å². The molecule has 0 aliphatic carbocycles. The predicted molar refractivity (Wildman–Crippen MR) is 112 cm³/mol. The van der Waals surface area contributed by atoms with Gasteiger partial charge in [-0.05, 0) is 72.1 Å². The summed E-state index contributed by atoms with van der Waals surface area (Å²) in [5, 5.41) is 1.76. The summed E-state index contributed by atoms with van der Waals surface area (Å²) >= 11 is 1.35. The van der Waals surface area contributed by atoms with Crippen LogP contribution in [0.5, 0.6) is 5.75 Å². The Labute approximate surface area is 175 Å². The molecule has 0 heterocycles. The monoisotopic (exact) mass is 431 g/mol. The summed E-state index contributed by atoms with van der Waals surface area (Å²) in [5.41, 5.74) is 0.931. The van der Waals surface area contributed by atoms with Gasteiger partial charge in [-0.3, -0.25) is 0 Å². The standard InChI is InChI=1S/C23H17F4NOS/c1-29-20-10-8-19(9-11-20)28-22(14-15-30-21-12-6-18(24)7-13-21)16-2-4-17(5-3-16)23(25,26)27/h2-15H,1H3. The van der Waals surface area contributed by atoms with Crippen LogP contribution < -0.4 is 4.74 Å². The molecule has 0 aliphatic rings. The van der Waals surface area contributed by atoms with E-state index in [1.807, 2.05) is 0 Å². The maximum absolute atomic E-state index is 13.0. The second-order valence-electron chi connectivity index (χ2n) is 6.14. The molecule has 3 aromatic rings. The zero-order chi connectivity index (χ0) is 21.6. The van der Waals surface area contributed by atoms with Crippen LogP contribution in [0, 0.1) is 5.82 Å². The predicted octanol–water partition coefficient (Wildman–Crippen LogP) is 7.28. The number of methoxy groups -OCH3 is 1. The first-order valence-corrected chi connectivity index (χ1v) is 9.72. The van der Waals surface area contributed by atoms with Crippen molar-refractivity contribution in [1.29, 1.82) is 0 Å². The van der Waals surface area contributed by atoms with Gasteiger partial charge in [-0.25, -0.2) is 9.38 Å². The summed E-state index contributed by atoms with van der Waals surface area (Å²) in [7, 11) is 1.56. The third-order valence-electron chi connectivity index (χ3n) is 4.07. The van der Waals surface area contributed by atoms with Gasteiger partial charge in [0.05, 0.1) is 24.1 Å². The summed E-state index contributed by atoms with van der Waals surface area (Å²) in [6, 6.07) is 17.8. The molecule has 3 aromatic carbocycles. The number of ether oxygens (including phenoxy) is 1. The summed E-state index contributed by atoms with van der Waals surface area (Å²) in [6.07, 6.45) is -2.69. The highest BCUT2D eigenvalue weighted by Gasteiger charge is 2.30. The second kappa shape index (κ2) is 9.63. The fourth-order valence-electron chi connectivity index (χ4n) is 2.51. The van der Waals surface area contributed by atoms with Crippen LogP contribution in [0.2, 0.25) is 0 Å². The molecule has 3 rings (SSSR count). The fourth-order valence-corrected chi connectivity index (χ4v) is 3.16. The largest absolute Gasteiger partial charge is 0.497 e. The summed E-state index contributed by atoms with van der Waals surface area (Å²) in [4.78, 5) is 5.38. The molecular formula is C23H17F4NOS. The molecule has 30 heavy (non-hydrogen) atoms. The Morgan fingerprint density at radius 3 is 2.10 bits per heavy atom. The van der Waals surface area contributed by atoms with Crippen molar-refractivity contribution in [3.05, 3.63) is 101 Å². The van der Waals surface area contributed by atoms with Gasteiger partial charge >= 0.3 is 6.18 Å². The summed E-state index contributed by atoms with van der Waals surface area (Å²) in [6.45, 7) is 0. The molecule has 0 saturated heterocycles. The minimum Gasteiger partial charge on any atom is -0.497 e. The normalized spacial score (nSPS) is 12.4. The second-order valence-corrected chi connectivity index (χ2v) is 7.12. The first-order valence-electron chi connectivity index (χ1n) is 8.84. The van der Waals surface area contributed by atoms with Crippen LogP contribution >= 0.6 is 11.8 Å². The number of allylic oxidation sites excluding steroid dienone is 1. The highest BCUT2D eigenvalue weighted by atomic mass is 32.2. The molecule has 2 nitrogen and oxygen atoms in total. The number of hydrogen-bond acceptors (Lipinski definition) is 3. The van der Waals surface area contributed by atoms with E-state index in [0.717, 1.165) is 17.0 Å². The van der Waals surface area contributed by atoms with E-state index in [4.69, 9.17) is 4.74 Å². The quantitative estimate of drug-likeness (QED) is 0.232. The maximum Gasteiger partial charge on any atom is 0.416 e. The Hall–Kier alpha value is -3.06. The summed E-state index contributed by atoms with van der Waals surface area (Å²) in [5.74, 6) is 0.349. The zero-order valence-electron chi connectivity index (χ0n) is 15.9. The molecule has 0 unspecified atom stereocenters. The summed E-state index contributed by atoms with van der Waals surface area (Å²) < 4.78 is 56.8. The molecule has 0 radical (unpaired) electrons. The van der Waals surface area contributed by atoms with E-state index in [1.54, 1.807) is 55.0 Å². The Balaban J connectivity index is 1.89. The van der Waals surface area contributed by atoms with E-state index >= 15 is 0 Å². The number of rotatable bonds is 6. The molecule has 0 bridgehead atoms. The SMILES string of the molecule is COc1ccc(N=C(C=CSc2ccc(F)cc2)c2ccc(C(F)(F)F)cc2)cc1. The molecule has 0 aromatic heterocycles. The van der Waals surface area contributed by atoms with Crippen molar-refractivity contribution in [2.24, 2.45) is 4.99 Å². The molecule has 0 saturated carbocycles. The average Bonchev–Trinajstić information content (AvgIpc) is 2.74. The highest BCUT2D eigenvalue weighted by Crippen LogP contribution is 2.29. The Morgan fingerprint density at radius 1 is 0.900 bits per heavy atom. The molecule has 0 spiro atoms. The lowest BCUT2D eigenvalue weighted by atomic mass is 10.1. The molecule has 7 heteroatoms. The number of nitrogens with zero attached hydrogens (tertiary/aromatic N) is 1. The molecule has 0 N–H and O–H groups in total. The third kappa shape index (κ3) is 5.97. The average molecular weight is 431 g/mol. The van der Waals surface area contributed by atoms with Gasteiger partial charge in [0.1, 0.15) is 11.6 Å². The lowest BCUT2D eigenvalue weighted by Crippen LogP contribution is -2.05. The number of benzene rings is 3. The van der Waals surface area contributed by atoms with Crippen LogP contribution in [0.1, 0.15) is 11.1 Å². The third-order valence-corrected chi connectivity index (χ3v) is 4.89. The van der Waals surface area contributed by atoms with Crippen molar-refractivity contribution >= 4 is 23.2 Å². The van der Waals surface area contributed by atoms with Gasteiger partial charge in [-0.1, -0.05) is 23.9 Å². The first kappa shape index (κ1) is 21.6. The molecular weight excluding hydrogens is 414 g/mol. The van der Waals surface area contributed by atoms with Gasteiger partial charge < -0.3 is 4.74 Å². The fraction of sp³-hybridized carbons (Fsp3) is 0.0870. The topological polar surface area (TPSA) is 21.6 Å². The van der Waals surface area contributed by atoms with Crippen molar-refractivity contribution < 1.29 is 22.3 Å². The number of halogens is 4. The lowest BCUT2D eigenvalue weighted by Gasteiger charge is -2.08. The van der Waals surface area contributed by atoms with Crippen molar-refractivity contribution in [3.8, 4) is 5.75 Å². The minimum atomic E-state index is -4.40. The zero-order valence-corrected chi connectivity index (χ0v) is 16.7. The lowest BCUT2D eigenvalue weighted by molar-refractivity contribution is -0.137. The van der Waals surface area contributed by atoms with Gasteiger partial charge in [0.25, 0.3) is 0 Å². The number of thioether (sulfide) groups is 1. The van der Waals surface area contributed by atoms with Crippen molar-refractivity contribution in [2.45, 2.75) is 11.1 Å². The van der Waals surface area contributed by atoms with E-state index in [9.17, 15) is 17.6 Å². The molecule has 0 amide bonds. The molecule has 0 aliphatic heterocycles. The number of hydrogen-bond donors (Lipinski definition) is 0. The van der Waals surface area contributed by atoms with Crippen LogP contribution in [-0.4, -0.2) is 12.8 Å². The van der Waals surface area contributed by atoms with Crippen LogP contribution in [-0.2, 0) is 6.18 Å². The minimum absolute atomic E-state index is 0.324. The van der Waals surface area contributed by atoms with Crippen molar-refractivity contribution in [3.63, 3.8) is 0 Å². The van der Waals surface area contributed by atoms with Gasteiger partial charge in [0.2, 0.25) is 0 Å². The number of aliphatic imine (C=N–C) groups is 1. The molecule has 0 atom stereocenters. The van der Waals surface area contributed by atoms with Crippen LogP contribution in [0.15, 0.2) is 94.2 Å². The van der Waals surface area contributed by atoms with Crippen LogP contribution in [0.25, 0.3) is 0 Å². The van der Waals surface area contributed by atoms with E-state index in [1.165, 1.54) is 36.0 Å². The molecule has 0 fully saturated rings. The Bertz CT molecular complexity index is 1020. The van der Waals surface area contributed by atoms with E-state index in [2.05, 4.69) is 4.99 Å². The molecule has 154 valence electrons. The maximum atomic E-state index is 13.0.